The van der Waals surface area contributed by atoms with E-state index in [1.807, 2.05) is 28.0 Å². The second-order valence-corrected chi connectivity index (χ2v) is 7.35. The highest BCUT2D eigenvalue weighted by Crippen LogP contribution is 2.22. The Morgan fingerprint density at radius 3 is 2.57 bits per heavy atom. The maximum Gasteiger partial charge on any atom is 0.228 e. The van der Waals surface area contributed by atoms with Crippen molar-refractivity contribution < 1.29 is 9.59 Å². The number of piperazine rings is 1. The highest BCUT2D eigenvalue weighted by atomic mass is 16.2. The molecule has 1 atom stereocenters. The summed E-state index contributed by atoms with van der Waals surface area (Å²) >= 11 is 0. The van der Waals surface area contributed by atoms with E-state index in [0.717, 1.165) is 25.3 Å². The Morgan fingerprint density at radius 1 is 1.07 bits per heavy atom. The van der Waals surface area contributed by atoms with Crippen LogP contribution in [0.3, 0.4) is 0 Å². The van der Waals surface area contributed by atoms with Crippen molar-refractivity contribution in [2.45, 2.75) is 12.8 Å². The standard InChI is InChI=1S/C21H25N5O2/c27-20-14-18(16-26(20)9-6-17-4-2-1-3-5-17)21(28)25-12-10-24(11-13-25)19-15-22-7-8-23-19/h1-5,7-8,15,18H,6,9-14,16H2. The van der Waals surface area contributed by atoms with E-state index >= 15 is 0 Å². The molecule has 7 heteroatoms. The number of hydrogen-bond acceptors (Lipinski definition) is 5. The number of nitrogens with zero attached hydrogens (tertiary/aromatic N) is 5. The van der Waals surface area contributed by atoms with E-state index < -0.39 is 0 Å². The molecule has 2 aliphatic rings. The summed E-state index contributed by atoms with van der Waals surface area (Å²) < 4.78 is 0. The summed E-state index contributed by atoms with van der Waals surface area (Å²) in [4.78, 5) is 39.6. The first kappa shape index (κ1) is 18.4. The van der Waals surface area contributed by atoms with Gasteiger partial charge in [-0.05, 0) is 12.0 Å². The van der Waals surface area contributed by atoms with Gasteiger partial charge in [0.1, 0.15) is 5.82 Å². The number of benzene rings is 1. The van der Waals surface area contributed by atoms with Crippen molar-refractivity contribution in [3.8, 4) is 0 Å². The fourth-order valence-electron chi connectivity index (χ4n) is 3.93. The van der Waals surface area contributed by atoms with Gasteiger partial charge in [-0.2, -0.15) is 0 Å². The van der Waals surface area contributed by atoms with Crippen molar-refractivity contribution in [3.05, 3.63) is 54.5 Å². The Bertz CT molecular complexity index is 806. The first-order chi connectivity index (χ1) is 13.7. The number of aromatic nitrogens is 2. The van der Waals surface area contributed by atoms with Crippen LogP contribution in [0.1, 0.15) is 12.0 Å². The Labute approximate surface area is 165 Å². The van der Waals surface area contributed by atoms with E-state index in [2.05, 4.69) is 27.0 Å². The van der Waals surface area contributed by atoms with Crippen molar-refractivity contribution in [1.29, 1.82) is 0 Å². The zero-order chi connectivity index (χ0) is 19.3. The van der Waals surface area contributed by atoms with Gasteiger partial charge in [-0.1, -0.05) is 30.3 Å². The maximum absolute atomic E-state index is 12.9. The summed E-state index contributed by atoms with van der Waals surface area (Å²) in [5.41, 5.74) is 1.21. The molecule has 28 heavy (non-hydrogen) atoms. The molecule has 4 rings (SSSR count). The van der Waals surface area contributed by atoms with Crippen molar-refractivity contribution in [3.63, 3.8) is 0 Å². The van der Waals surface area contributed by atoms with Crippen LogP contribution in [-0.2, 0) is 16.0 Å². The fraction of sp³-hybridized carbons (Fsp3) is 0.429. The van der Waals surface area contributed by atoms with Crippen LogP contribution in [-0.4, -0.2) is 70.9 Å². The first-order valence-electron chi connectivity index (χ1n) is 9.82. The molecule has 1 aromatic carbocycles. The third-order valence-electron chi connectivity index (χ3n) is 5.54. The molecule has 0 aliphatic carbocycles. The van der Waals surface area contributed by atoms with Gasteiger partial charge in [0, 0.05) is 58.1 Å². The average Bonchev–Trinajstić information content (AvgIpc) is 3.14. The largest absolute Gasteiger partial charge is 0.352 e. The number of anilines is 1. The van der Waals surface area contributed by atoms with Crippen molar-refractivity contribution in [2.24, 2.45) is 5.92 Å². The molecule has 1 unspecified atom stereocenters. The number of hydrogen-bond donors (Lipinski definition) is 0. The summed E-state index contributed by atoms with van der Waals surface area (Å²) in [6, 6.07) is 10.1. The van der Waals surface area contributed by atoms with Gasteiger partial charge in [0.25, 0.3) is 0 Å². The third-order valence-corrected chi connectivity index (χ3v) is 5.54. The van der Waals surface area contributed by atoms with Crippen LogP contribution in [0.2, 0.25) is 0 Å². The maximum atomic E-state index is 12.9. The number of carbonyl (C=O) groups excluding carboxylic acids is 2. The van der Waals surface area contributed by atoms with Crippen LogP contribution in [0.25, 0.3) is 0 Å². The zero-order valence-electron chi connectivity index (χ0n) is 15.9. The smallest absolute Gasteiger partial charge is 0.228 e. The molecule has 1 aromatic heterocycles. The van der Waals surface area contributed by atoms with Crippen LogP contribution in [0.4, 0.5) is 5.82 Å². The van der Waals surface area contributed by atoms with Crippen LogP contribution in [0.15, 0.2) is 48.9 Å². The Morgan fingerprint density at radius 2 is 1.86 bits per heavy atom. The van der Waals surface area contributed by atoms with E-state index in [0.29, 0.717) is 32.6 Å². The first-order valence-corrected chi connectivity index (χ1v) is 9.82. The number of likely N-dealkylation sites (tertiary alicyclic amines) is 1. The van der Waals surface area contributed by atoms with Crippen LogP contribution in [0, 0.1) is 5.92 Å². The second kappa shape index (κ2) is 8.37. The summed E-state index contributed by atoms with van der Waals surface area (Å²) in [6.45, 7) is 4.00. The third kappa shape index (κ3) is 4.13. The summed E-state index contributed by atoms with van der Waals surface area (Å²) in [5, 5.41) is 0. The minimum absolute atomic E-state index is 0.0903. The summed E-state index contributed by atoms with van der Waals surface area (Å²) in [7, 11) is 0. The minimum Gasteiger partial charge on any atom is -0.352 e. The molecule has 146 valence electrons. The number of rotatable bonds is 5. The molecule has 2 saturated heterocycles. The molecule has 2 aliphatic heterocycles. The van der Waals surface area contributed by atoms with Gasteiger partial charge in [0.05, 0.1) is 12.1 Å². The quantitative estimate of drug-likeness (QED) is 0.781. The lowest BCUT2D eigenvalue weighted by Gasteiger charge is -2.36. The Kier molecular flexibility index (Phi) is 5.50. The summed E-state index contributed by atoms with van der Waals surface area (Å²) in [5.74, 6) is 0.825. The lowest BCUT2D eigenvalue weighted by Crippen LogP contribution is -2.51. The molecule has 0 N–H and O–H groups in total. The topological polar surface area (TPSA) is 69.6 Å². The normalized spacial score (nSPS) is 19.9. The second-order valence-electron chi connectivity index (χ2n) is 7.35. The SMILES string of the molecule is O=C1CC(C(=O)N2CCN(c3cnccn3)CC2)CN1CCc1ccccc1. The average molecular weight is 379 g/mol. The van der Waals surface area contributed by atoms with Crippen LogP contribution < -0.4 is 4.90 Å². The molecule has 0 radical (unpaired) electrons. The van der Waals surface area contributed by atoms with Crippen LogP contribution in [0.5, 0.6) is 0 Å². The molecule has 0 bridgehead atoms. The molecule has 2 amide bonds. The summed E-state index contributed by atoms with van der Waals surface area (Å²) in [6.07, 6.45) is 6.24. The Hall–Kier alpha value is -2.96. The van der Waals surface area contributed by atoms with Gasteiger partial charge >= 0.3 is 0 Å². The molecular formula is C21H25N5O2. The van der Waals surface area contributed by atoms with E-state index in [-0.39, 0.29) is 17.7 Å². The predicted molar refractivity (Wildman–Crippen MR) is 106 cm³/mol. The van der Waals surface area contributed by atoms with Gasteiger partial charge in [-0.25, -0.2) is 4.98 Å². The van der Waals surface area contributed by atoms with Crippen molar-refractivity contribution in [1.82, 2.24) is 19.8 Å². The molecule has 7 nitrogen and oxygen atoms in total. The van der Waals surface area contributed by atoms with Gasteiger partial charge in [0.2, 0.25) is 11.8 Å². The van der Waals surface area contributed by atoms with Crippen molar-refractivity contribution in [2.75, 3.05) is 44.2 Å². The lowest BCUT2D eigenvalue weighted by atomic mass is 10.1. The zero-order valence-corrected chi connectivity index (χ0v) is 15.9. The van der Waals surface area contributed by atoms with E-state index in [1.165, 1.54) is 5.56 Å². The molecule has 0 saturated carbocycles. The highest BCUT2D eigenvalue weighted by molar-refractivity contribution is 5.89. The highest BCUT2D eigenvalue weighted by Gasteiger charge is 2.37. The molecule has 2 fully saturated rings. The molecule has 0 spiro atoms. The monoisotopic (exact) mass is 379 g/mol. The van der Waals surface area contributed by atoms with Gasteiger partial charge in [-0.3, -0.25) is 14.6 Å². The van der Waals surface area contributed by atoms with E-state index in [9.17, 15) is 9.59 Å². The molecule has 2 aromatic rings. The molecular weight excluding hydrogens is 354 g/mol. The Balaban J connectivity index is 1.28. The van der Waals surface area contributed by atoms with Gasteiger partial charge in [0.15, 0.2) is 0 Å². The number of amides is 2. The fourth-order valence-corrected chi connectivity index (χ4v) is 3.93. The lowest BCUT2D eigenvalue weighted by molar-refractivity contribution is -0.136. The molecule has 3 heterocycles. The van der Waals surface area contributed by atoms with Gasteiger partial charge < -0.3 is 14.7 Å². The van der Waals surface area contributed by atoms with E-state index in [1.54, 1.807) is 18.6 Å². The van der Waals surface area contributed by atoms with Gasteiger partial charge in [-0.15, -0.1) is 0 Å². The van der Waals surface area contributed by atoms with Crippen molar-refractivity contribution >= 4 is 17.6 Å². The van der Waals surface area contributed by atoms with Crippen LogP contribution >= 0.6 is 0 Å². The van der Waals surface area contributed by atoms with E-state index in [4.69, 9.17) is 0 Å². The number of carbonyl (C=O) groups is 2. The minimum atomic E-state index is -0.216. The predicted octanol–water partition coefficient (Wildman–Crippen LogP) is 1.22.